The summed E-state index contributed by atoms with van der Waals surface area (Å²) >= 11 is 0. The van der Waals surface area contributed by atoms with E-state index in [-0.39, 0.29) is 201 Å². The Balaban J connectivity index is 0. The number of hydrogen-bond donors (Lipinski definition) is 0. The predicted molar refractivity (Wildman–Crippen MR) is 40.6 cm³/mol. The van der Waals surface area contributed by atoms with Gasteiger partial charge in [0.25, 0.3) is 0 Å². The number of rotatable bonds is 0. The molecule has 0 unspecified atom stereocenters. The Morgan fingerprint density at radius 2 is 1.00 bits per heavy atom. The van der Waals surface area contributed by atoms with E-state index in [0.29, 0.717) is 0 Å². The fourth-order valence-electron chi connectivity index (χ4n) is 0. The molecule has 30 valence electrons. The van der Waals surface area contributed by atoms with Crippen molar-refractivity contribution in [3.8, 4) is 0 Å². The van der Waals surface area contributed by atoms with Gasteiger partial charge in [-0.25, -0.2) is 0 Å². The van der Waals surface area contributed by atoms with Crippen LogP contribution in [0.5, 0.6) is 0 Å². The van der Waals surface area contributed by atoms with Crippen LogP contribution in [0.3, 0.4) is 0 Å². The maximum atomic E-state index is 0. The van der Waals surface area contributed by atoms with Crippen LogP contribution < -0.4 is 80.9 Å². The van der Waals surface area contributed by atoms with Gasteiger partial charge in [0.1, 0.15) is 0 Å². The first kappa shape index (κ1) is 49.9. The monoisotopic (exact) mass is 650 g/mol. The van der Waals surface area contributed by atoms with E-state index in [1.54, 1.807) is 0 Å². The van der Waals surface area contributed by atoms with E-state index in [9.17, 15) is 0 Å². The maximum absolute atomic E-state index is 0. The summed E-state index contributed by atoms with van der Waals surface area (Å²) in [4.78, 5) is 0. The molecule has 0 aliphatic heterocycles. The SMILES string of the molecule is [GaH3].[GaH3].[H-].[H-].[Hg].[InH3].[K+].[Na+].[SnH2]. The average Bonchev–Trinajstić information content (AvgIpc) is 0. The second-order valence-electron chi connectivity index (χ2n) is 0. The van der Waals surface area contributed by atoms with Gasteiger partial charge in [0, 0.05) is 27.7 Å². The second kappa shape index (κ2) is 39.1. The summed E-state index contributed by atoms with van der Waals surface area (Å²) in [7, 11) is 0. The van der Waals surface area contributed by atoms with Gasteiger partial charge in [-0.1, -0.05) is 0 Å². The van der Waals surface area contributed by atoms with Gasteiger partial charge in [-0.15, -0.1) is 0 Å². The quantitative estimate of drug-likeness (QED) is 0.229. The fourth-order valence-corrected chi connectivity index (χ4v) is 0. The van der Waals surface area contributed by atoms with Crippen LogP contribution in [0.4, 0.5) is 0 Å². The Kier molecular flexibility index (Phi) is 279. The molecule has 0 rings (SSSR count). The molecule has 0 fully saturated rings. The standard InChI is InChI=1S/2Ga.Hg.In.K.Na.Sn.13H/q;;;;2*+1;;;;;;;;;;;;;2*-1. The molecule has 0 nitrogen and oxygen atoms in total. The topological polar surface area (TPSA) is 0 Å². The predicted octanol–water partition coefficient (Wildman–Crippen LogP) is -10.2. The zero-order valence-corrected chi connectivity index (χ0v) is 18.1. The van der Waals surface area contributed by atoms with E-state index in [2.05, 4.69) is 0 Å². The third-order valence-corrected chi connectivity index (χ3v) is 0. The van der Waals surface area contributed by atoms with Gasteiger partial charge in [0.2, 0.25) is 0 Å². The Hall–Kier alpha value is 6.51. The molecule has 0 N–H and O–H groups in total. The summed E-state index contributed by atoms with van der Waals surface area (Å²) in [6, 6.07) is 0. The first-order valence-corrected chi connectivity index (χ1v) is 0. The van der Waals surface area contributed by atoms with Crippen LogP contribution in [0.2, 0.25) is 0 Å². The van der Waals surface area contributed by atoms with Gasteiger partial charge in [0.15, 0.2) is 0 Å². The second-order valence-corrected chi connectivity index (χ2v) is 0. The molecule has 2 radical (unpaired) electrons. The summed E-state index contributed by atoms with van der Waals surface area (Å²) < 4.78 is 0. The molecular formula is H13Ga2HgInKNaSn. The van der Waals surface area contributed by atoms with E-state index in [1.807, 2.05) is 0 Å². The van der Waals surface area contributed by atoms with Crippen LogP contribution >= 0.6 is 0 Å². The Morgan fingerprint density at radius 1 is 1.00 bits per heavy atom. The van der Waals surface area contributed by atoms with Crippen LogP contribution in [0.1, 0.15) is 2.85 Å². The first-order chi connectivity index (χ1) is 0. The van der Waals surface area contributed by atoms with Crippen LogP contribution in [-0.2, 0) is 27.7 Å². The molecule has 0 aromatic rings. The summed E-state index contributed by atoms with van der Waals surface area (Å²) in [5, 5.41) is 0. The van der Waals surface area contributed by atoms with Crippen LogP contribution in [-0.4, -0.2) is 89.3 Å². The third kappa shape index (κ3) is 32.6. The van der Waals surface area contributed by atoms with Crippen molar-refractivity contribution in [1.29, 1.82) is 0 Å². The number of hydrogen-bond acceptors (Lipinski definition) is 0. The van der Waals surface area contributed by atoms with E-state index in [0.717, 1.165) is 0 Å². The molecular weight excluding hydrogens is 636 g/mol. The molecule has 0 aliphatic carbocycles. The molecule has 7 heavy (non-hydrogen) atoms. The van der Waals surface area contributed by atoms with Crippen molar-refractivity contribution in [3.63, 3.8) is 0 Å². The molecule has 0 aliphatic rings. The molecule has 7 heteroatoms. The Labute approximate surface area is 195 Å². The normalized spacial score (nSPS) is 0. The van der Waals surface area contributed by atoms with Crippen molar-refractivity contribution in [2.45, 2.75) is 0 Å². The van der Waals surface area contributed by atoms with Crippen LogP contribution in [0, 0.1) is 0 Å². The molecule has 0 saturated heterocycles. The fraction of sp³-hybridized carbons (Fsp3) is 0. The summed E-state index contributed by atoms with van der Waals surface area (Å²) in [6.45, 7) is 0. The van der Waals surface area contributed by atoms with Gasteiger partial charge in [-0.2, -0.15) is 0 Å². The van der Waals surface area contributed by atoms with Gasteiger partial charge < -0.3 is 2.85 Å². The first-order valence-electron chi connectivity index (χ1n) is 0. The van der Waals surface area contributed by atoms with Gasteiger partial charge in [0.05, 0.1) is 0 Å². The van der Waals surface area contributed by atoms with E-state index in [4.69, 9.17) is 0 Å². The van der Waals surface area contributed by atoms with Crippen LogP contribution in [0.15, 0.2) is 0 Å². The molecule has 0 heterocycles. The van der Waals surface area contributed by atoms with Crippen molar-refractivity contribution in [3.05, 3.63) is 0 Å². The van der Waals surface area contributed by atoms with Crippen molar-refractivity contribution < 1.29 is 111 Å². The zero-order valence-electron chi connectivity index (χ0n) is 5.41. The summed E-state index contributed by atoms with van der Waals surface area (Å²) in [5.41, 5.74) is 0. The zero-order chi connectivity index (χ0) is 0. The van der Waals surface area contributed by atoms with Gasteiger partial charge in [-0.3, -0.25) is 0 Å². The Morgan fingerprint density at radius 3 is 1.00 bits per heavy atom. The van der Waals surface area contributed by atoms with Crippen molar-refractivity contribution in [2.75, 3.05) is 0 Å². The van der Waals surface area contributed by atoms with Crippen molar-refractivity contribution in [1.82, 2.24) is 0 Å². The van der Waals surface area contributed by atoms with E-state index in [1.165, 1.54) is 0 Å². The summed E-state index contributed by atoms with van der Waals surface area (Å²) in [5.74, 6) is 0. The minimum absolute atomic E-state index is 0. The van der Waals surface area contributed by atoms with Crippen molar-refractivity contribution >= 4 is 89.3 Å². The molecule has 0 atom stereocenters. The van der Waals surface area contributed by atoms with Crippen LogP contribution in [0.25, 0.3) is 0 Å². The molecule has 0 bridgehead atoms. The average molecular weight is 649 g/mol. The molecule has 0 spiro atoms. The Bertz CT molecular complexity index is 24.5. The molecule has 0 amide bonds. The van der Waals surface area contributed by atoms with Gasteiger partial charge >= 0.3 is 170 Å². The molecule has 0 saturated carbocycles. The summed E-state index contributed by atoms with van der Waals surface area (Å²) in [6.07, 6.45) is 0. The van der Waals surface area contributed by atoms with Gasteiger partial charge in [-0.05, 0) is 0 Å². The van der Waals surface area contributed by atoms with E-state index < -0.39 is 0 Å². The van der Waals surface area contributed by atoms with E-state index >= 15 is 0 Å². The minimum atomic E-state index is 0. The molecule has 0 aromatic heterocycles. The third-order valence-electron chi connectivity index (χ3n) is 0. The molecule has 0 aromatic carbocycles. The van der Waals surface area contributed by atoms with Crippen molar-refractivity contribution in [2.24, 2.45) is 0 Å².